The lowest BCUT2D eigenvalue weighted by atomic mass is 9.95. The second kappa shape index (κ2) is 5.43. The van der Waals surface area contributed by atoms with Crippen molar-refractivity contribution < 1.29 is 4.79 Å². The molecule has 1 amide bonds. The van der Waals surface area contributed by atoms with Gasteiger partial charge in [-0.1, -0.05) is 0 Å². The van der Waals surface area contributed by atoms with E-state index >= 15 is 0 Å². The normalized spacial score (nSPS) is 14.0. The second-order valence-electron chi connectivity index (χ2n) is 6.44. The van der Waals surface area contributed by atoms with Gasteiger partial charge in [0.25, 0.3) is 5.91 Å². The van der Waals surface area contributed by atoms with Crippen molar-refractivity contribution in [3.05, 3.63) is 34.3 Å². The van der Waals surface area contributed by atoms with E-state index in [1.165, 1.54) is 0 Å². The lowest BCUT2D eigenvalue weighted by molar-refractivity contribution is 0.101. The van der Waals surface area contributed by atoms with Crippen LogP contribution in [0.3, 0.4) is 0 Å². The first-order chi connectivity index (χ1) is 11.5. The molecule has 2 N–H and O–H groups in total. The Balaban J connectivity index is 1.72. The Morgan fingerprint density at radius 2 is 2.08 bits per heavy atom. The molecular formula is C17H20N6O. The van der Waals surface area contributed by atoms with Crippen molar-refractivity contribution in [2.45, 2.75) is 39.5 Å². The number of anilines is 1. The number of fused-ring (bicyclic) bond motifs is 2. The number of carbonyl (C=O) groups is 1. The third-order valence-electron chi connectivity index (χ3n) is 4.62. The molecule has 0 aromatic carbocycles. The molecule has 4 rings (SSSR count). The highest BCUT2D eigenvalue weighted by Gasteiger charge is 2.25. The summed E-state index contributed by atoms with van der Waals surface area (Å²) in [5, 5.41) is 15.4. The smallest absolute Gasteiger partial charge is 0.275 e. The summed E-state index contributed by atoms with van der Waals surface area (Å²) in [4.78, 5) is 17.3. The van der Waals surface area contributed by atoms with E-state index in [9.17, 15) is 4.79 Å². The van der Waals surface area contributed by atoms with E-state index in [-0.39, 0.29) is 5.91 Å². The molecule has 7 nitrogen and oxygen atoms in total. The molecule has 0 aliphatic heterocycles. The monoisotopic (exact) mass is 324 g/mol. The number of hydrogen-bond acceptors (Lipinski definition) is 4. The topological polar surface area (TPSA) is 88.5 Å². The van der Waals surface area contributed by atoms with Gasteiger partial charge in [-0.25, -0.2) is 4.98 Å². The number of aromatic amines is 1. The largest absolute Gasteiger partial charge is 0.303 e. The lowest BCUT2D eigenvalue weighted by Gasteiger charge is -2.11. The molecule has 3 aromatic heterocycles. The summed E-state index contributed by atoms with van der Waals surface area (Å²) in [6.45, 7) is 3.93. The molecule has 0 saturated carbocycles. The maximum atomic E-state index is 12.8. The van der Waals surface area contributed by atoms with E-state index < -0.39 is 0 Å². The van der Waals surface area contributed by atoms with Gasteiger partial charge in [0.15, 0.2) is 11.5 Å². The van der Waals surface area contributed by atoms with E-state index in [1.807, 2.05) is 27.0 Å². The standard InChI is InChI=1S/C17H20N6O/c1-9-8-10(2)18-15-13(9)16(21-20-15)19-17(24)14-11-6-4-5-7-12(11)22-23(14)3/h8H,4-7H2,1-3H3,(H2,18,19,20,21,24). The molecule has 0 fully saturated rings. The third kappa shape index (κ3) is 2.28. The quantitative estimate of drug-likeness (QED) is 0.758. The molecule has 0 unspecified atom stereocenters. The molecule has 24 heavy (non-hydrogen) atoms. The molecule has 3 heterocycles. The zero-order chi connectivity index (χ0) is 16.8. The fourth-order valence-electron chi connectivity index (χ4n) is 3.60. The Morgan fingerprint density at radius 3 is 2.92 bits per heavy atom. The second-order valence-corrected chi connectivity index (χ2v) is 6.44. The predicted octanol–water partition coefficient (Wildman–Crippen LogP) is 2.44. The lowest BCUT2D eigenvalue weighted by Crippen LogP contribution is -2.19. The highest BCUT2D eigenvalue weighted by Crippen LogP contribution is 2.27. The number of pyridine rings is 1. The summed E-state index contributed by atoms with van der Waals surface area (Å²) in [6, 6.07) is 1.99. The van der Waals surface area contributed by atoms with Gasteiger partial charge in [-0.3, -0.25) is 14.6 Å². The van der Waals surface area contributed by atoms with Crippen LogP contribution in [0.5, 0.6) is 0 Å². The predicted molar refractivity (Wildman–Crippen MR) is 91.2 cm³/mol. The van der Waals surface area contributed by atoms with Crippen molar-refractivity contribution in [1.82, 2.24) is 25.0 Å². The number of rotatable bonds is 2. The van der Waals surface area contributed by atoms with Crippen molar-refractivity contribution in [3.8, 4) is 0 Å². The highest BCUT2D eigenvalue weighted by atomic mass is 16.2. The van der Waals surface area contributed by atoms with Crippen LogP contribution in [-0.2, 0) is 19.9 Å². The molecule has 0 saturated heterocycles. The highest BCUT2D eigenvalue weighted by molar-refractivity contribution is 6.08. The van der Waals surface area contributed by atoms with E-state index in [2.05, 4.69) is 25.6 Å². The van der Waals surface area contributed by atoms with Crippen LogP contribution < -0.4 is 5.32 Å². The zero-order valence-electron chi connectivity index (χ0n) is 14.1. The Morgan fingerprint density at radius 1 is 1.29 bits per heavy atom. The van der Waals surface area contributed by atoms with Gasteiger partial charge in [0, 0.05) is 18.3 Å². The number of aryl methyl sites for hydroxylation is 4. The van der Waals surface area contributed by atoms with E-state index in [0.717, 1.165) is 53.6 Å². The van der Waals surface area contributed by atoms with Crippen LogP contribution in [0.15, 0.2) is 6.07 Å². The SMILES string of the molecule is Cc1cc(C)c2c(NC(=O)c3c4c(nn3C)CCCC4)n[nH]c2n1. The molecule has 7 heteroatoms. The summed E-state index contributed by atoms with van der Waals surface area (Å²) in [5.41, 5.74) is 5.41. The molecule has 0 bridgehead atoms. The van der Waals surface area contributed by atoms with Crippen LogP contribution in [0.4, 0.5) is 5.82 Å². The minimum atomic E-state index is -0.165. The molecule has 0 radical (unpaired) electrons. The van der Waals surface area contributed by atoms with Crippen molar-refractivity contribution in [2.24, 2.45) is 7.05 Å². The first-order valence-electron chi connectivity index (χ1n) is 8.23. The minimum Gasteiger partial charge on any atom is -0.303 e. The maximum Gasteiger partial charge on any atom is 0.275 e. The van der Waals surface area contributed by atoms with Crippen molar-refractivity contribution in [3.63, 3.8) is 0 Å². The molecule has 0 atom stereocenters. The number of nitrogens with one attached hydrogen (secondary N) is 2. The Kier molecular flexibility index (Phi) is 3.37. The Labute approximate surface area is 139 Å². The van der Waals surface area contributed by atoms with Crippen LogP contribution in [-0.4, -0.2) is 30.9 Å². The van der Waals surface area contributed by atoms with E-state index in [1.54, 1.807) is 4.68 Å². The van der Waals surface area contributed by atoms with Crippen molar-refractivity contribution in [1.29, 1.82) is 0 Å². The Hall–Kier alpha value is -2.70. The number of nitrogens with zero attached hydrogens (tertiary/aromatic N) is 4. The number of amides is 1. The van der Waals surface area contributed by atoms with Gasteiger partial charge < -0.3 is 5.32 Å². The van der Waals surface area contributed by atoms with Crippen LogP contribution in [0.1, 0.15) is 45.8 Å². The molecule has 3 aromatic rings. The molecule has 1 aliphatic rings. The van der Waals surface area contributed by atoms with Gasteiger partial charge in [-0.15, -0.1) is 0 Å². The summed E-state index contributed by atoms with van der Waals surface area (Å²) in [5.74, 6) is 0.354. The van der Waals surface area contributed by atoms with Gasteiger partial charge in [0.05, 0.1) is 11.1 Å². The van der Waals surface area contributed by atoms with Crippen LogP contribution in [0, 0.1) is 13.8 Å². The number of aromatic nitrogens is 5. The first-order valence-corrected chi connectivity index (χ1v) is 8.23. The van der Waals surface area contributed by atoms with Gasteiger partial charge >= 0.3 is 0 Å². The fraction of sp³-hybridized carbons (Fsp3) is 0.412. The summed E-state index contributed by atoms with van der Waals surface area (Å²) in [6.07, 6.45) is 4.10. The number of carbonyl (C=O) groups excluding carboxylic acids is 1. The average molecular weight is 324 g/mol. The molecule has 1 aliphatic carbocycles. The van der Waals surface area contributed by atoms with E-state index in [4.69, 9.17) is 0 Å². The number of hydrogen-bond donors (Lipinski definition) is 2. The molecular weight excluding hydrogens is 304 g/mol. The van der Waals surface area contributed by atoms with Crippen LogP contribution >= 0.6 is 0 Å². The summed E-state index contributed by atoms with van der Waals surface area (Å²) < 4.78 is 1.69. The number of H-pyrrole nitrogens is 1. The summed E-state index contributed by atoms with van der Waals surface area (Å²) in [7, 11) is 1.83. The third-order valence-corrected chi connectivity index (χ3v) is 4.62. The van der Waals surface area contributed by atoms with Crippen molar-refractivity contribution in [2.75, 3.05) is 5.32 Å². The van der Waals surface area contributed by atoms with Crippen LogP contribution in [0.2, 0.25) is 0 Å². The van der Waals surface area contributed by atoms with Gasteiger partial charge in [0.2, 0.25) is 0 Å². The van der Waals surface area contributed by atoms with Crippen molar-refractivity contribution >= 4 is 22.8 Å². The first kappa shape index (κ1) is 14.9. The summed E-state index contributed by atoms with van der Waals surface area (Å²) >= 11 is 0. The van der Waals surface area contributed by atoms with E-state index in [0.29, 0.717) is 17.2 Å². The molecule has 124 valence electrons. The zero-order valence-corrected chi connectivity index (χ0v) is 14.1. The van der Waals surface area contributed by atoms with Gasteiger partial charge in [-0.05, 0) is 51.2 Å². The molecule has 0 spiro atoms. The fourth-order valence-corrected chi connectivity index (χ4v) is 3.60. The van der Waals surface area contributed by atoms with Crippen LogP contribution in [0.25, 0.3) is 11.0 Å². The average Bonchev–Trinajstić information content (AvgIpc) is 3.07. The maximum absolute atomic E-state index is 12.8. The van der Waals surface area contributed by atoms with Gasteiger partial charge in [-0.2, -0.15) is 10.2 Å². The minimum absolute atomic E-state index is 0.165. The van der Waals surface area contributed by atoms with Gasteiger partial charge in [0.1, 0.15) is 5.69 Å². The Bertz CT molecular complexity index is 952.